The Bertz CT molecular complexity index is 1480. The number of nitrogens with zero attached hydrogens (tertiary/aromatic N) is 3. The Morgan fingerprint density at radius 3 is 2.75 bits per heavy atom. The third-order valence-corrected chi connectivity index (χ3v) is 8.57. The van der Waals surface area contributed by atoms with Crippen molar-refractivity contribution in [1.82, 2.24) is 20.1 Å². The van der Waals surface area contributed by atoms with Gasteiger partial charge >= 0.3 is 5.97 Å². The van der Waals surface area contributed by atoms with E-state index in [0.717, 1.165) is 41.7 Å². The van der Waals surface area contributed by atoms with Crippen LogP contribution in [0.1, 0.15) is 56.1 Å². The fourth-order valence-corrected chi connectivity index (χ4v) is 6.60. The number of esters is 1. The van der Waals surface area contributed by atoms with E-state index >= 15 is 0 Å². The van der Waals surface area contributed by atoms with E-state index in [9.17, 15) is 14.4 Å². The Labute approximate surface area is 239 Å². The van der Waals surface area contributed by atoms with Crippen molar-refractivity contribution in [2.24, 2.45) is 0 Å². The minimum absolute atomic E-state index is 0.0764. The summed E-state index contributed by atoms with van der Waals surface area (Å²) in [6, 6.07) is 13.3. The lowest BCUT2D eigenvalue weighted by molar-refractivity contribution is -0.113. The molecule has 208 valence electrons. The molecular weight excluding hydrogens is 550 g/mol. The molecular formula is C28H29N5O5S2. The number of aryl methyl sites for hydroxylation is 2. The van der Waals surface area contributed by atoms with Crippen molar-refractivity contribution < 1.29 is 23.5 Å². The molecule has 0 saturated heterocycles. The molecule has 40 heavy (non-hydrogen) atoms. The maximum Gasteiger partial charge on any atom is 0.341 e. The Hall–Kier alpha value is -3.90. The summed E-state index contributed by atoms with van der Waals surface area (Å²) in [6.45, 7) is 2.76. The summed E-state index contributed by atoms with van der Waals surface area (Å²) >= 11 is 2.70. The maximum absolute atomic E-state index is 13.0. The van der Waals surface area contributed by atoms with E-state index in [1.807, 2.05) is 34.9 Å². The molecule has 12 heteroatoms. The molecule has 3 aromatic heterocycles. The number of benzene rings is 1. The monoisotopic (exact) mass is 579 g/mol. The number of nitrogens with one attached hydrogen (secondary N) is 2. The second kappa shape index (κ2) is 13.0. The molecule has 0 fully saturated rings. The standard InChI is InChI=1S/C28H29N5O5S2/c1-2-37-27(36)24-19-10-6-12-21(19)40-26(24)30-23(34)17-39-28-32-31-22(16-29-25(35)20-11-7-15-38-20)33(28)14-13-18-8-4-3-5-9-18/h3-5,7-9,11,15H,2,6,10,12-14,16-17H2,1H3,(H,29,35)(H,30,34). The molecule has 1 aromatic carbocycles. The number of fused-ring (bicyclic) bond motifs is 1. The Morgan fingerprint density at radius 2 is 1.98 bits per heavy atom. The van der Waals surface area contributed by atoms with Crippen LogP contribution in [-0.4, -0.2) is 44.9 Å². The molecule has 5 rings (SSSR count). The zero-order chi connectivity index (χ0) is 27.9. The Balaban J connectivity index is 1.27. The number of rotatable bonds is 12. The number of thioether (sulfide) groups is 1. The molecule has 0 bridgehead atoms. The maximum atomic E-state index is 13.0. The lowest BCUT2D eigenvalue weighted by Gasteiger charge is -2.11. The molecule has 4 aromatic rings. The van der Waals surface area contributed by atoms with Gasteiger partial charge in [0.25, 0.3) is 5.91 Å². The molecule has 0 saturated carbocycles. The zero-order valence-corrected chi connectivity index (χ0v) is 23.6. The zero-order valence-electron chi connectivity index (χ0n) is 22.0. The minimum Gasteiger partial charge on any atom is -0.462 e. The van der Waals surface area contributed by atoms with Gasteiger partial charge in [-0.1, -0.05) is 42.1 Å². The van der Waals surface area contributed by atoms with Gasteiger partial charge in [0.2, 0.25) is 5.91 Å². The van der Waals surface area contributed by atoms with E-state index in [2.05, 4.69) is 20.8 Å². The van der Waals surface area contributed by atoms with Crippen LogP contribution in [0.2, 0.25) is 0 Å². The van der Waals surface area contributed by atoms with Gasteiger partial charge in [-0.3, -0.25) is 9.59 Å². The van der Waals surface area contributed by atoms with E-state index in [-0.39, 0.29) is 36.5 Å². The molecule has 2 N–H and O–H groups in total. The van der Waals surface area contributed by atoms with Crippen LogP contribution in [0.3, 0.4) is 0 Å². The summed E-state index contributed by atoms with van der Waals surface area (Å²) in [5.74, 6) is -0.141. The van der Waals surface area contributed by atoms with Crippen LogP contribution in [-0.2, 0) is 41.9 Å². The van der Waals surface area contributed by atoms with E-state index in [4.69, 9.17) is 9.15 Å². The fraction of sp³-hybridized carbons (Fsp3) is 0.321. The predicted molar refractivity (Wildman–Crippen MR) is 152 cm³/mol. The van der Waals surface area contributed by atoms with Crippen LogP contribution in [0.5, 0.6) is 0 Å². The van der Waals surface area contributed by atoms with Gasteiger partial charge in [-0.15, -0.1) is 21.5 Å². The molecule has 2 amide bonds. The Morgan fingerprint density at radius 1 is 1.12 bits per heavy atom. The third kappa shape index (κ3) is 6.45. The predicted octanol–water partition coefficient (Wildman–Crippen LogP) is 4.50. The van der Waals surface area contributed by atoms with Gasteiger partial charge in [-0.2, -0.15) is 0 Å². The summed E-state index contributed by atoms with van der Waals surface area (Å²) in [6.07, 6.45) is 4.88. The van der Waals surface area contributed by atoms with Gasteiger partial charge in [-0.05, 0) is 55.9 Å². The molecule has 0 atom stereocenters. The van der Waals surface area contributed by atoms with Crippen molar-refractivity contribution in [3.05, 3.63) is 81.9 Å². The molecule has 0 aliphatic heterocycles. The highest BCUT2D eigenvalue weighted by atomic mass is 32.2. The number of furan rings is 1. The van der Waals surface area contributed by atoms with Gasteiger partial charge < -0.3 is 24.4 Å². The largest absolute Gasteiger partial charge is 0.462 e. The lowest BCUT2D eigenvalue weighted by Crippen LogP contribution is -2.24. The number of carbonyl (C=O) groups is 3. The number of aromatic nitrogens is 3. The van der Waals surface area contributed by atoms with Gasteiger partial charge in [0, 0.05) is 11.4 Å². The van der Waals surface area contributed by atoms with Gasteiger partial charge in [0.1, 0.15) is 5.00 Å². The number of thiophene rings is 1. The molecule has 0 unspecified atom stereocenters. The summed E-state index contributed by atoms with van der Waals surface area (Å²) in [5.41, 5.74) is 2.62. The quantitative estimate of drug-likeness (QED) is 0.185. The van der Waals surface area contributed by atoms with Crippen molar-refractivity contribution in [1.29, 1.82) is 0 Å². The van der Waals surface area contributed by atoms with Gasteiger partial charge in [0.05, 0.1) is 30.7 Å². The summed E-state index contributed by atoms with van der Waals surface area (Å²) in [5, 5.41) is 15.4. The average molecular weight is 580 g/mol. The molecule has 1 aliphatic carbocycles. The number of hydrogen-bond donors (Lipinski definition) is 2. The van der Waals surface area contributed by atoms with Crippen LogP contribution >= 0.6 is 23.1 Å². The van der Waals surface area contributed by atoms with Crippen molar-refractivity contribution in [2.75, 3.05) is 17.7 Å². The second-order valence-corrected chi connectivity index (χ2v) is 11.1. The van der Waals surface area contributed by atoms with Gasteiger partial charge in [0.15, 0.2) is 16.7 Å². The topological polar surface area (TPSA) is 128 Å². The van der Waals surface area contributed by atoms with Gasteiger partial charge in [-0.25, -0.2) is 4.79 Å². The van der Waals surface area contributed by atoms with Crippen LogP contribution in [0.25, 0.3) is 0 Å². The van der Waals surface area contributed by atoms with Crippen LogP contribution in [0, 0.1) is 0 Å². The number of anilines is 1. The third-order valence-electron chi connectivity index (χ3n) is 6.40. The van der Waals surface area contributed by atoms with Crippen LogP contribution in [0.4, 0.5) is 5.00 Å². The van der Waals surface area contributed by atoms with E-state index in [1.165, 1.54) is 29.4 Å². The smallest absolute Gasteiger partial charge is 0.341 e. The highest BCUT2D eigenvalue weighted by molar-refractivity contribution is 7.99. The Kier molecular flexibility index (Phi) is 8.97. The van der Waals surface area contributed by atoms with Crippen molar-refractivity contribution in [3.63, 3.8) is 0 Å². The van der Waals surface area contributed by atoms with Crippen LogP contribution in [0.15, 0.2) is 58.3 Å². The molecule has 10 nitrogen and oxygen atoms in total. The minimum atomic E-state index is -0.397. The van der Waals surface area contributed by atoms with Crippen molar-refractivity contribution in [2.45, 2.75) is 50.9 Å². The summed E-state index contributed by atoms with van der Waals surface area (Å²) in [7, 11) is 0. The summed E-state index contributed by atoms with van der Waals surface area (Å²) in [4.78, 5) is 39.1. The number of amides is 2. The molecule has 1 aliphatic rings. The number of ether oxygens (including phenoxy) is 1. The average Bonchev–Trinajstić information content (AvgIpc) is 3.75. The van der Waals surface area contributed by atoms with Crippen LogP contribution < -0.4 is 10.6 Å². The van der Waals surface area contributed by atoms with E-state index in [1.54, 1.807) is 19.1 Å². The SMILES string of the molecule is CCOC(=O)c1c(NC(=O)CSc2nnc(CNC(=O)c3ccco3)n2CCc2ccccc2)sc2c1CCC2. The molecule has 0 radical (unpaired) electrons. The first-order valence-electron chi connectivity index (χ1n) is 13.1. The first kappa shape index (κ1) is 27.7. The molecule has 0 spiro atoms. The summed E-state index contributed by atoms with van der Waals surface area (Å²) < 4.78 is 12.3. The van der Waals surface area contributed by atoms with Crippen molar-refractivity contribution >= 4 is 45.9 Å². The van der Waals surface area contributed by atoms with E-state index < -0.39 is 5.97 Å². The second-order valence-electron chi connectivity index (χ2n) is 9.06. The first-order valence-corrected chi connectivity index (χ1v) is 14.9. The molecule has 3 heterocycles. The highest BCUT2D eigenvalue weighted by Crippen LogP contribution is 2.39. The first-order chi connectivity index (χ1) is 19.5. The number of carbonyl (C=O) groups excluding carboxylic acids is 3. The van der Waals surface area contributed by atoms with Crippen molar-refractivity contribution in [3.8, 4) is 0 Å². The number of hydrogen-bond acceptors (Lipinski definition) is 9. The van der Waals surface area contributed by atoms with E-state index in [0.29, 0.717) is 28.1 Å². The highest BCUT2D eigenvalue weighted by Gasteiger charge is 2.28. The normalized spacial score (nSPS) is 12.2. The fourth-order valence-electron chi connectivity index (χ4n) is 4.53. The lowest BCUT2D eigenvalue weighted by atomic mass is 10.1.